The Kier molecular flexibility index (Phi) is 3.50. The van der Waals surface area contributed by atoms with Crippen LogP contribution >= 0.6 is 0 Å². The molecule has 1 aromatic carbocycles. The van der Waals surface area contributed by atoms with Gasteiger partial charge in [0.25, 0.3) is 0 Å². The summed E-state index contributed by atoms with van der Waals surface area (Å²) in [6.45, 7) is 2.74. The summed E-state index contributed by atoms with van der Waals surface area (Å²) in [6.07, 6.45) is 3.58. The van der Waals surface area contributed by atoms with Gasteiger partial charge >= 0.3 is 0 Å². The maximum Gasteiger partial charge on any atom is 0.134 e. The molecule has 3 rings (SSSR count). The van der Waals surface area contributed by atoms with Crippen molar-refractivity contribution in [3.05, 3.63) is 72.1 Å². The summed E-state index contributed by atoms with van der Waals surface area (Å²) < 4.78 is 5.61. The molecular weight excluding hydrogens is 248 g/mol. The van der Waals surface area contributed by atoms with Crippen molar-refractivity contribution in [1.29, 1.82) is 0 Å². The normalized spacial score (nSPS) is 10.4. The first-order valence-corrected chi connectivity index (χ1v) is 6.61. The lowest BCUT2D eigenvalue weighted by atomic mass is 10.1. The molecule has 100 valence electrons. The van der Waals surface area contributed by atoms with Crippen molar-refractivity contribution >= 4 is 5.82 Å². The highest BCUT2D eigenvalue weighted by atomic mass is 16.3. The fourth-order valence-electron chi connectivity index (χ4n) is 2.08. The Balaban J connectivity index is 1.71. The highest BCUT2D eigenvalue weighted by Gasteiger charge is 2.05. The molecule has 0 atom stereocenters. The molecule has 3 nitrogen and oxygen atoms in total. The average Bonchev–Trinajstić information content (AvgIpc) is 2.96. The molecule has 0 fully saturated rings. The number of aryl methyl sites for hydroxylation is 1. The third-order valence-electron chi connectivity index (χ3n) is 3.18. The van der Waals surface area contributed by atoms with Crippen LogP contribution in [-0.4, -0.2) is 4.98 Å². The summed E-state index contributed by atoms with van der Waals surface area (Å²) in [5, 5.41) is 3.32. The number of benzene rings is 1. The van der Waals surface area contributed by atoms with E-state index < -0.39 is 0 Å². The number of nitrogens with zero attached hydrogens (tertiary/aromatic N) is 1. The Labute approximate surface area is 118 Å². The van der Waals surface area contributed by atoms with Crippen LogP contribution in [0.15, 0.2) is 65.4 Å². The molecule has 0 bridgehead atoms. The minimum absolute atomic E-state index is 0.703. The molecule has 0 unspecified atom stereocenters. The zero-order valence-corrected chi connectivity index (χ0v) is 11.3. The molecule has 0 radical (unpaired) electrons. The summed E-state index contributed by atoms with van der Waals surface area (Å²) in [6, 6.07) is 16.1. The van der Waals surface area contributed by atoms with E-state index in [1.54, 1.807) is 12.5 Å². The molecule has 2 aromatic heterocycles. The largest absolute Gasteiger partial charge is 0.464 e. The van der Waals surface area contributed by atoms with Crippen molar-refractivity contribution < 1.29 is 4.42 Å². The Hall–Kier alpha value is -2.55. The number of anilines is 1. The zero-order valence-electron chi connectivity index (χ0n) is 11.3. The SMILES string of the molecule is Cc1cccnc1NCc1coc(-c2ccccc2)c1. The zero-order chi connectivity index (χ0) is 13.8. The van der Waals surface area contributed by atoms with Gasteiger partial charge in [0.05, 0.1) is 6.26 Å². The number of hydrogen-bond donors (Lipinski definition) is 1. The maximum atomic E-state index is 5.61. The van der Waals surface area contributed by atoms with Crippen LogP contribution in [0.4, 0.5) is 5.82 Å². The molecule has 0 spiro atoms. The van der Waals surface area contributed by atoms with E-state index in [4.69, 9.17) is 4.42 Å². The molecule has 20 heavy (non-hydrogen) atoms. The van der Waals surface area contributed by atoms with E-state index in [9.17, 15) is 0 Å². The third-order valence-corrected chi connectivity index (χ3v) is 3.18. The van der Waals surface area contributed by atoms with Gasteiger partial charge in [-0.25, -0.2) is 4.98 Å². The standard InChI is InChI=1S/C17H16N2O/c1-13-6-5-9-18-17(13)19-11-14-10-16(20-12-14)15-7-3-2-4-8-15/h2-10,12H,11H2,1H3,(H,18,19). The smallest absolute Gasteiger partial charge is 0.134 e. The molecule has 3 heteroatoms. The van der Waals surface area contributed by atoms with Crippen LogP contribution in [0, 0.1) is 6.92 Å². The molecule has 0 saturated carbocycles. The van der Waals surface area contributed by atoms with Crippen molar-refractivity contribution in [2.45, 2.75) is 13.5 Å². The molecule has 3 aromatic rings. The molecule has 0 aliphatic carbocycles. The van der Waals surface area contributed by atoms with Crippen LogP contribution in [0.5, 0.6) is 0 Å². The lowest BCUT2D eigenvalue weighted by molar-refractivity contribution is 0.579. The van der Waals surface area contributed by atoms with Gasteiger partial charge in [-0.3, -0.25) is 0 Å². The summed E-state index contributed by atoms with van der Waals surface area (Å²) in [7, 11) is 0. The fraction of sp³-hybridized carbons (Fsp3) is 0.118. The second-order valence-corrected chi connectivity index (χ2v) is 4.71. The van der Waals surface area contributed by atoms with Gasteiger partial charge in [-0.2, -0.15) is 0 Å². The van der Waals surface area contributed by atoms with E-state index in [1.165, 1.54) is 0 Å². The minimum atomic E-state index is 0.703. The molecule has 0 aliphatic rings. The molecular formula is C17H16N2O. The van der Waals surface area contributed by atoms with Gasteiger partial charge in [0.2, 0.25) is 0 Å². The lowest BCUT2D eigenvalue weighted by Crippen LogP contribution is -2.01. The van der Waals surface area contributed by atoms with Gasteiger partial charge in [-0.15, -0.1) is 0 Å². The number of nitrogens with one attached hydrogen (secondary N) is 1. The number of rotatable bonds is 4. The topological polar surface area (TPSA) is 38.1 Å². The van der Waals surface area contributed by atoms with Gasteiger partial charge in [0, 0.05) is 23.9 Å². The van der Waals surface area contributed by atoms with Crippen LogP contribution in [0.25, 0.3) is 11.3 Å². The fourth-order valence-corrected chi connectivity index (χ4v) is 2.08. The predicted octanol–water partition coefficient (Wildman–Crippen LogP) is 4.26. The Morgan fingerprint density at radius 2 is 1.95 bits per heavy atom. The summed E-state index contributed by atoms with van der Waals surface area (Å²) in [5.74, 6) is 1.80. The first kappa shape index (κ1) is 12.5. The first-order chi connectivity index (χ1) is 9.83. The number of furan rings is 1. The monoisotopic (exact) mass is 264 g/mol. The van der Waals surface area contributed by atoms with Crippen molar-refractivity contribution in [1.82, 2.24) is 4.98 Å². The average molecular weight is 264 g/mol. The van der Waals surface area contributed by atoms with Crippen LogP contribution in [0.3, 0.4) is 0 Å². The van der Waals surface area contributed by atoms with E-state index in [1.807, 2.05) is 49.4 Å². The van der Waals surface area contributed by atoms with Crippen LogP contribution < -0.4 is 5.32 Å². The van der Waals surface area contributed by atoms with Crippen LogP contribution in [0.1, 0.15) is 11.1 Å². The third kappa shape index (κ3) is 2.72. The van der Waals surface area contributed by atoms with Crippen molar-refractivity contribution in [3.8, 4) is 11.3 Å². The summed E-state index contributed by atoms with van der Waals surface area (Å²) in [5.41, 5.74) is 3.33. The number of pyridine rings is 1. The van der Waals surface area contributed by atoms with Gasteiger partial charge in [-0.1, -0.05) is 36.4 Å². The second-order valence-electron chi connectivity index (χ2n) is 4.71. The second kappa shape index (κ2) is 5.61. The van der Waals surface area contributed by atoms with E-state index in [0.29, 0.717) is 6.54 Å². The maximum absolute atomic E-state index is 5.61. The molecule has 0 saturated heterocycles. The van der Waals surface area contributed by atoms with Gasteiger partial charge in [0.15, 0.2) is 0 Å². The van der Waals surface area contributed by atoms with Crippen molar-refractivity contribution in [2.75, 3.05) is 5.32 Å². The van der Waals surface area contributed by atoms with Crippen molar-refractivity contribution in [2.24, 2.45) is 0 Å². The Morgan fingerprint density at radius 1 is 1.10 bits per heavy atom. The van der Waals surface area contributed by atoms with Crippen molar-refractivity contribution in [3.63, 3.8) is 0 Å². The van der Waals surface area contributed by atoms with E-state index in [2.05, 4.69) is 16.4 Å². The molecule has 0 aliphatic heterocycles. The highest BCUT2D eigenvalue weighted by molar-refractivity contribution is 5.58. The van der Waals surface area contributed by atoms with Gasteiger partial charge in [0.1, 0.15) is 11.6 Å². The van der Waals surface area contributed by atoms with Gasteiger partial charge < -0.3 is 9.73 Å². The van der Waals surface area contributed by atoms with Crippen LogP contribution in [0.2, 0.25) is 0 Å². The minimum Gasteiger partial charge on any atom is -0.464 e. The number of aromatic nitrogens is 1. The predicted molar refractivity (Wildman–Crippen MR) is 80.4 cm³/mol. The van der Waals surface area contributed by atoms with E-state index in [0.717, 1.165) is 28.3 Å². The Morgan fingerprint density at radius 3 is 2.75 bits per heavy atom. The lowest BCUT2D eigenvalue weighted by Gasteiger charge is -2.05. The first-order valence-electron chi connectivity index (χ1n) is 6.61. The van der Waals surface area contributed by atoms with E-state index >= 15 is 0 Å². The Bertz CT molecular complexity index is 689. The molecule has 1 N–H and O–H groups in total. The quantitative estimate of drug-likeness (QED) is 0.765. The summed E-state index contributed by atoms with van der Waals surface area (Å²) in [4.78, 5) is 4.32. The highest BCUT2D eigenvalue weighted by Crippen LogP contribution is 2.22. The van der Waals surface area contributed by atoms with E-state index in [-0.39, 0.29) is 0 Å². The summed E-state index contributed by atoms with van der Waals surface area (Å²) >= 11 is 0. The van der Waals surface area contributed by atoms with Gasteiger partial charge in [-0.05, 0) is 24.6 Å². The van der Waals surface area contributed by atoms with Crippen LogP contribution in [-0.2, 0) is 6.54 Å². The molecule has 0 amide bonds. The number of hydrogen-bond acceptors (Lipinski definition) is 3. The molecule has 2 heterocycles.